The average molecular weight is 432 g/mol. The van der Waals surface area contributed by atoms with Crippen LogP contribution in [0.15, 0.2) is 23.3 Å². The monoisotopic (exact) mass is 431 g/mol. The molecule has 0 radical (unpaired) electrons. The van der Waals surface area contributed by atoms with Crippen molar-refractivity contribution < 1.29 is 23.9 Å². The van der Waals surface area contributed by atoms with Crippen molar-refractivity contribution in [1.29, 1.82) is 0 Å². The summed E-state index contributed by atoms with van der Waals surface area (Å²) in [5, 5.41) is 3.29. The second kappa shape index (κ2) is 9.60. The van der Waals surface area contributed by atoms with Gasteiger partial charge in [-0.25, -0.2) is 9.59 Å². The van der Waals surface area contributed by atoms with Crippen LogP contribution in [0, 0.1) is 5.92 Å². The molecule has 1 amide bonds. The van der Waals surface area contributed by atoms with Crippen molar-refractivity contribution in [3.8, 4) is 0 Å². The highest BCUT2D eigenvalue weighted by Gasteiger charge is 2.30. The lowest BCUT2D eigenvalue weighted by Crippen LogP contribution is -2.31. The van der Waals surface area contributed by atoms with Crippen molar-refractivity contribution in [1.82, 2.24) is 0 Å². The third-order valence-corrected chi connectivity index (χ3v) is 6.67. The van der Waals surface area contributed by atoms with Gasteiger partial charge in [-0.3, -0.25) is 4.79 Å². The standard InChI is InChI=1S/C23H29NO5S/c1-5-28-23(27)19-17-11-8-14(3)12-18(17)30-21(19)24-20(25)15(4)29-22(26)16-9-6-13(2)7-10-16/h6,9,14-15H,5,7-8,10-12H2,1-4H3,(H,24,25)/t14-,15+/m1/s1. The van der Waals surface area contributed by atoms with Gasteiger partial charge in [-0.05, 0) is 64.4 Å². The van der Waals surface area contributed by atoms with Crippen molar-refractivity contribution in [3.63, 3.8) is 0 Å². The van der Waals surface area contributed by atoms with E-state index in [1.807, 2.05) is 13.0 Å². The molecular formula is C23H29NO5S. The topological polar surface area (TPSA) is 81.7 Å². The minimum atomic E-state index is -0.974. The predicted molar refractivity (Wildman–Crippen MR) is 117 cm³/mol. The first-order valence-corrected chi connectivity index (χ1v) is 11.3. The van der Waals surface area contributed by atoms with E-state index in [1.165, 1.54) is 23.8 Å². The number of esters is 2. The number of carbonyl (C=O) groups excluding carboxylic acids is 3. The molecule has 1 heterocycles. The summed E-state index contributed by atoms with van der Waals surface area (Å²) >= 11 is 1.42. The van der Waals surface area contributed by atoms with E-state index in [0.717, 1.165) is 36.1 Å². The van der Waals surface area contributed by atoms with Crippen LogP contribution in [0.2, 0.25) is 0 Å². The molecular weight excluding hydrogens is 402 g/mol. The molecule has 0 fully saturated rings. The minimum absolute atomic E-state index is 0.268. The van der Waals surface area contributed by atoms with Crippen LogP contribution in [0.25, 0.3) is 0 Å². The summed E-state index contributed by atoms with van der Waals surface area (Å²) in [7, 11) is 0. The maximum absolute atomic E-state index is 12.7. The summed E-state index contributed by atoms with van der Waals surface area (Å²) in [4.78, 5) is 38.8. The van der Waals surface area contributed by atoms with Gasteiger partial charge in [-0.2, -0.15) is 0 Å². The zero-order valence-electron chi connectivity index (χ0n) is 18.0. The van der Waals surface area contributed by atoms with Crippen LogP contribution in [0.3, 0.4) is 0 Å². The number of fused-ring (bicyclic) bond motifs is 1. The molecule has 6 nitrogen and oxygen atoms in total. The van der Waals surface area contributed by atoms with Crippen molar-refractivity contribution in [2.24, 2.45) is 5.92 Å². The van der Waals surface area contributed by atoms with Crippen LogP contribution in [-0.4, -0.2) is 30.6 Å². The minimum Gasteiger partial charge on any atom is -0.462 e. The lowest BCUT2D eigenvalue weighted by molar-refractivity contribution is -0.149. The van der Waals surface area contributed by atoms with Gasteiger partial charge >= 0.3 is 11.9 Å². The van der Waals surface area contributed by atoms with E-state index < -0.39 is 23.9 Å². The van der Waals surface area contributed by atoms with Crippen LogP contribution in [0.4, 0.5) is 5.00 Å². The van der Waals surface area contributed by atoms with E-state index in [-0.39, 0.29) is 6.61 Å². The Morgan fingerprint density at radius 2 is 1.97 bits per heavy atom. The zero-order chi connectivity index (χ0) is 21.8. The first-order valence-electron chi connectivity index (χ1n) is 10.5. The second-order valence-corrected chi connectivity index (χ2v) is 9.12. The summed E-state index contributed by atoms with van der Waals surface area (Å²) in [6.07, 6.45) is 6.77. The maximum Gasteiger partial charge on any atom is 0.341 e. The maximum atomic E-state index is 12.7. The number of anilines is 1. The normalized spacial score (nSPS) is 19.1. The molecule has 0 unspecified atom stereocenters. The first kappa shape index (κ1) is 22.3. The molecule has 2 aliphatic rings. The molecule has 7 heteroatoms. The summed E-state index contributed by atoms with van der Waals surface area (Å²) in [6, 6.07) is 0. The molecule has 162 valence electrons. The van der Waals surface area contributed by atoms with Crippen LogP contribution in [0.1, 0.15) is 67.8 Å². The summed E-state index contributed by atoms with van der Waals surface area (Å²) in [5.41, 5.74) is 3.20. The van der Waals surface area contributed by atoms with E-state index in [4.69, 9.17) is 9.47 Å². The fourth-order valence-electron chi connectivity index (χ4n) is 3.67. The fourth-order valence-corrected chi connectivity index (χ4v) is 5.07. The third-order valence-electron chi connectivity index (χ3n) is 5.50. The molecule has 3 rings (SSSR count). The SMILES string of the molecule is CCOC(=O)c1c(NC(=O)[C@H](C)OC(=O)C2=CC=C(C)CC2)sc2c1CC[C@@H](C)C2. The molecule has 0 aliphatic heterocycles. The summed E-state index contributed by atoms with van der Waals surface area (Å²) < 4.78 is 10.6. The molecule has 0 bridgehead atoms. The number of rotatable bonds is 6. The van der Waals surface area contributed by atoms with E-state index in [1.54, 1.807) is 13.0 Å². The molecule has 0 saturated heterocycles. The van der Waals surface area contributed by atoms with Gasteiger partial charge in [-0.15, -0.1) is 11.3 Å². The van der Waals surface area contributed by atoms with Crippen molar-refractivity contribution in [3.05, 3.63) is 39.3 Å². The first-order chi connectivity index (χ1) is 14.3. The number of hydrogen-bond acceptors (Lipinski definition) is 6. The lowest BCUT2D eigenvalue weighted by atomic mass is 9.88. The number of nitrogens with one attached hydrogen (secondary N) is 1. The number of ether oxygens (including phenoxy) is 2. The Morgan fingerprint density at radius 3 is 2.63 bits per heavy atom. The second-order valence-electron chi connectivity index (χ2n) is 8.02. The number of thiophene rings is 1. The van der Waals surface area contributed by atoms with Crippen molar-refractivity contribution >= 4 is 34.2 Å². The highest BCUT2D eigenvalue weighted by Crippen LogP contribution is 2.40. The number of hydrogen-bond donors (Lipinski definition) is 1. The van der Waals surface area contributed by atoms with E-state index in [9.17, 15) is 14.4 Å². The summed E-state index contributed by atoms with van der Waals surface area (Å²) in [5.74, 6) is -0.815. The highest BCUT2D eigenvalue weighted by molar-refractivity contribution is 7.17. The number of carbonyl (C=O) groups is 3. The number of allylic oxidation sites excluding steroid dienone is 3. The molecule has 1 aromatic rings. The Labute approximate surface area is 181 Å². The van der Waals surface area contributed by atoms with Crippen LogP contribution < -0.4 is 5.32 Å². The van der Waals surface area contributed by atoms with Gasteiger partial charge in [0.25, 0.3) is 5.91 Å². The highest BCUT2D eigenvalue weighted by atomic mass is 32.1. The Hall–Kier alpha value is -2.41. The average Bonchev–Trinajstić information content (AvgIpc) is 3.05. The van der Waals surface area contributed by atoms with Crippen molar-refractivity contribution in [2.45, 2.75) is 65.9 Å². The molecule has 1 N–H and O–H groups in total. The summed E-state index contributed by atoms with van der Waals surface area (Å²) in [6.45, 7) is 7.76. The van der Waals surface area contributed by atoms with E-state index in [2.05, 4.69) is 12.2 Å². The van der Waals surface area contributed by atoms with Crippen molar-refractivity contribution in [2.75, 3.05) is 11.9 Å². The molecule has 0 spiro atoms. The Kier molecular flexibility index (Phi) is 7.13. The van der Waals surface area contributed by atoms with Gasteiger partial charge in [0.2, 0.25) is 0 Å². The van der Waals surface area contributed by atoms with E-state index in [0.29, 0.717) is 28.5 Å². The van der Waals surface area contributed by atoms with Crippen LogP contribution in [0.5, 0.6) is 0 Å². The molecule has 30 heavy (non-hydrogen) atoms. The Morgan fingerprint density at radius 1 is 1.20 bits per heavy atom. The smallest absolute Gasteiger partial charge is 0.341 e. The van der Waals surface area contributed by atoms with Crippen LogP contribution in [-0.2, 0) is 31.9 Å². The molecule has 2 atom stereocenters. The quantitative estimate of drug-likeness (QED) is 0.667. The van der Waals surface area contributed by atoms with Gasteiger partial charge in [0.05, 0.1) is 12.2 Å². The molecule has 0 aromatic carbocycles. The number of amides is 1. The van der Waals surface area contributed by atoms with Gasteiger partial charge in [-0.1, -0.05) is 24.6 Å². The van der Waals surface area contributed by atoms with Gasteiger partial charge < -0.3 is 14.8 Å². The third kappa shape index (κ3) is 5.01. The molecule has 0 saturated carbocycles. The Balaban J connectivity index is 1.74. The largest absolute Gasteiger partial charge is 0.462 e. The Bertz CT molecular complexity index is 911. The zero-order valence-corrected chi connectivity index (χ0v) is 18.8. The fraction of sp³-hybridized carbons (Fsp3) is 0.522. The van der Waals surface area contributed by atoms with Gasteiger partial charge in [0.1, 0.15) is 5.00 Å². The van der Waals surface area contributed by atoms with Gasteiger partial charge in [0.15, 0.2) is 6.10 Å². The predicted octanol–water partition coefficient (Wildman–Crippen LogP) is 4.59. The van der Waals surface area contributed by atoms with Gasteiger partial charge in [0, 0.05) is 10.5 Å². The van der Waals surface area contributed by atoms with Crippen LogP contribution >= 0.6 is 11.3 Å². The molecule has 1 aromatic heterocycles. The van der Waals surface area contributed by atoms with E-state index >= 15 is 0 Å². The lowest BCUT2D eigenvalue weighted by Gasteiger charge is -2.18. The molecule has 2 aliphatic carbocycles.